The zero-order valence-corrected chi connectivity index (χ0v) is 14.7. The van der Waals surface area contributed by atoms with Crippen LogP contribution in [0, 0.1) is 11.8 Å². The minimum Gasteiger partial charge on any atom is -0.383 e. The number of hydrogen-bond acceptors (Lipinski definition) is 6. The first kappa shape index (κ1) is 17.6. The lowest BCUT2D eigenvalue weighted by Crippen LogP contribution is -2.53. The molecule has 4 atom stereocenters. The summed E-state index contributed by atoms with van der Waals surface area (Å²) in [7, 11) is 1.48. The Morgan fingerprint density at radius 2 is 2.00 bits per heavy atom. The van der Waals surface area contributed by atoms with Crippen LogP contribution in [0.5, 0.6) is 0 Å². The van der Waals surface area contributed by atoms with Gasteiger partial charge >= 0.3 is 0 Å². The molecule has 2 fully saturated rings. The van der Waals surface area contributed by atoms with Crippen LogP contribution in [0.15, 0.2) is 24.3 Å². The van der Waals surface area contributed by atoms with E-state index in [0.717, 1.165) is 4.90 Å². The second kappa shape index (κ2) is 6.14. The number of carbonyl (C=O) groups is 4. The van der Waals surface area contributed by atoms with E-state index >= 15 is 0 Å². The Balaban J connectivity index is 1.83. The molecule has 1 aromatic rings. The van der Waals surface area contributed by atoms with Crippen molar-refractivity contribution in [3.8, 4) is 0 Å². The van der Waals surface area contributed by atoms with Gasteiger partial charge in [-0.15, -0.1) is 0 Å². The van der Waals surface area contributed by atoms with Gasteiger partial charge in [-0.3, -0.25) is 29.4 Å². The standard InChI is InChI=1S/C18H20N4O5/c1-27-7-6-22-15(24)13-11(8-12(19)23)21-18(14(13)16(22)25)9-4-2-3-5-10(9)20-17(18)26/h2-5,11,13-14,21H,6-8H2,1H3,(H2,19,23)(H,20,26)/t11-,13-,14+,18+/m1/s1. The quantitative estimate of drug-likeness (QED) is 0.564. The Morgan fingerprint density at radius 1 is 1.26 bits per heavy atom. The number of carbonyl (C=O) groups excluding carboxylic acids is 4. The topological polar surface area (TPSA) is 131 Å². The van der Waals surface area contributed by atoms with Crippen LogP contribution in [0.1, 0.15) is 12.0 Å². The van der Waals surface area contributed by atoms with Crippen molar-refractivity contribution in [3.05, 3.63) is 29.8 Å². The molecule has 1 aromatic carbocycles. The van der Waals surface area contributed by atoms with Crippen LogP contribution in [0.2, 0.25) is 0 Å². The molecule has 27 heavy (non-hydrogen) atoms. The van der Waals surface area contributed by atoms with Gasteiger partial charge in [0.25, 0.3) is 0 Å². The normalized spacial score (nSPS) is 31.4. The van der Waals surface area contributed by atoms with E-state index in [1.165, 1.54) is 7.11 Å². The van der Waals surface area contributed by atoms with Crippen molar-refractivity contribution in [1.29, 1.82) is 0 Å². The summed E-state index contributed by atoms with van der Waals surface area (Å²) in [5.41, 5.74) is 5.15. The van der Waals surface area contributed by atoms with Crippen LogP contribution in [0.25, 0.3) is 0 Å². The van der Waals surface area contributed by atoms with Crippen molar-refractivity contribution in [2.45, 2.75) is 18.0 Å². The average molecular weight is 372 g/mol. The Labute approximate surface area is 155 Å². The predicted octanol–water partition coefficient (Wildman–Crippen LogP) is -1.07. The number of fused-ring (bicyclic) bond motifs is 4. The van der Waals surface area contributed by atoms with Gasteiger partial charge in [-0.05, 0) is 6.07 Å². The van der Waals surface area contributed by atoms with Crippen molar-refractivity contribution in [2.75, 3.05) is 25.6 Å². The lowest BCUT2D eigenvalue weighted by molar-refractivity contribution is -0.143. The number of imide groups is 1. The number of likely N-dealkylation sites (tertiary alicyclic amines) is 1. The first-order valence-corrected chi connectivity index (χ1v) is 8.73. The molecular weight excluding hydrogens is 352 g/mol. The van der Waals surface area contributed by atoms with Gasteiger partial charge in [0.05, 0.1) is 25.0 Å². The molecule has 142 valence electrons. The first-order chi connectivity index (χ1) is 12.9. The monoisotopic (exact) mass is 372 g/mol. The van der Waals surface area contributed by atoms with Crippen molar-refractivity contribution >= 4 is 29.3 Å². The third-order valence-corrected chi connectivity index (χ3v) is 5.65. The Kier molecular flexibility index (Phi) is 4.01. The van der Waals surface area contributed by atoms with Crippen molar-refractivity contribution in [1.82, 2.24) is 10.2 Å². The Morgan fingerprint density at radius 3 is 2.70 bits per heavy atom. The first-order valence-electron chi connectivity index (χ1n) is 8.73. The van der Waals surface area contributed by atoms with Gasteiger partial charge in [-0.25, -0.2) is 0 Å². The van der Waals surface area contributed by atoms with Gasteiger partial charge in [0.1, 0.15) is 5.54 Å². The molecule has 0 aliphatic carbocycles. The molecule has 4 rings (SSSR count). The molecule has 0 bridgehead atoms. The summed E-state index contributed by atoms with van der Waals surface area (Å²) < 4.78 is 4.99. The maximum atomic E-state index is 13.2. The van der Waals surface area contributed by atoms with Crippen LogP contribution < -0.4 is 16.4 Å². The SMILES string of the molecule is COCCN1C(=O)[C@H]2[C@@H](C1=O)[C@]1(N[C@@H]2CC(N)=O)C(=O)Nc2ccccc21. The number of nitrogens with two attached hydrogens (primary N) is 1. The molecule has 1 spiro atoms. The molecule has 3 aliphatic rings. The maximum absolute atomic E-state index is 13.2. The fraction of sp³-hybridized carbons (Fsp3) is 0.444. The second-order valence-corrected chi connectivity index (χ2v) is 7.05. The molecular formula is C18H20N4O5. The number of rotatable bonds is 5. The molecule has 0 aromatic heterocycles. The van der Waals surface area contributed by atoms with E-state index in [1.54, 1.807) is 24.3 Å². The van der Waals surface area contributed by atoms with E-state index in [0.29, 0.717) is 11.3 Å². The minimum atomic E-state index is -1.39. The van der Waals surface area contributed by atoms with E-state index in [2.05, 4.69) is 10.6 Å². The van der Waals surface area contributed by atoms with E-state index in [9.17, 15) is 19.2 Å². The van der Waals surface area contributed by atoms with Crippen molar-refractivity contribution in [3.63, 3.8) is 0 Å². The molecule has 3 heterocycles. The van der Waals surface area contributed by atoms with Gasteiger partial charge < -0.3 is 15.8 Å². The summed E-state index contributed by atoms with van der Waals surface area (Å²) in [6.45, 7) is 0.296. The number of methoxy groups -OCH3 is 1. The van der Waals surface area contributed by atoms with Gasteiger partial charge in [0, 0.05) is 30.8 Å². The molecule has 4 N–H and O–H groups in total. The molecule has 0 radical (unpaired) electrons. The second-order valence-electron chi connectivity index (χ2n) is 7.05. The Hall–Kier alpha value is -2.78. The summed E-state index contributed by atoms with van der Waals surface area (Å²) in [6, 6.07) is 6.33. The van der Waals surface area contributed by atoms with Crippen LogP contribution in [0.4, 0.5) is 5.69 Å². The summed E-state index contributed by atoms with van der Waals surface area (Å²) in [4.78, 5) is 51.8. The lowest BCUT2D eigenvalue weighted by Gasteiger charge is -2.29. The predicted molar refractivity (Wildman–Crippen MR) is 93.1 cm³/mol. The van der Waals surface area contributed by atoms with E-state index < -0.39 is 47.0 Å². The van der Waals surface area contributed by atoms with Gasteiger partial charge in [-0.2, -0.15) is 0 Å². The molecule has 4 amide bonds. The number of amides is 4. The number of ether oxygens (including phenoxy) is 1. The smallest absolute Gasteiger partial charge is 0.250 e. The zero-order chi connectivity index (χ0) is 19.3. The summed E-state index contributed by atoms with van der Waals surface area (Å²) >= 11 is 0. The van der Waals surface area contributed by atoms with E-state index in [-0.39, 0.29) is 19.6 Å². The number of para-hydroxylation sites is 1. The number of nitrogens with zero attached hydrogens (tertiary/aromatic N) is 1. The molecule has 9 heteroatoms. The molecule has 9 nitrogen and oxygen atoms in total. The van der Waals surface area contributed by atoms with Crippen molar-refractivity contribution in [2.24, 2.45) is 17.6 Å². The lowest BCUT2D eigenvalue weighted by atomic mass is 9.76. The molecule has 0 unspecified atom stereocenters. The number of nitrogens with one attached hydrogen (secondary N) is 2. The molecule has 2 saturated heterocycles. The van der Waals surface area contributed by atoms with Crippen LogP contribution >= 0.6 is 0 Å². The number of anilines is 1. The van der Waals surface area contributed by atoms with E-state index in [4.69, 9.17) is 10.5 Å². The summed E-state index contributed by atoms with van der Waals surface area (Å²) in [5, 5.41) is 5.92. The average Bonchev–Trinajstić information content (AvgIpc) is 3.19. The van der Waals surface area contributed by atoms with Crippen LogP contribution in [-0.2, 0) is 29.5 Å². The number of benzene rings is 1. The van der Waals surface area contributed by atoms with E-state index in [1.807, 2.05) is 0 Å². The third kappa shape index (κ3) is 2.31. The van der Waals surface area contributed by atoms with Crippen molar-refractivity contribution < 1.29 is 23.9 Å². The highest BCUT2D eigenvalue weighted by Gasteiger charge is 2.70. The molecule has 0 saturated carbocycles. The fourth-order valence-corrected chi connectivity index (χ4v) is 4.61. The third-order valence-electron chi connectivity index (χ3n) is 5.65. The highest BCUT2D eigenvalue weighted by atomic mass is 16.5. The van der Waals surface area contributed by atoms with Crippen LogP contribution in [-0.4, -0.2) is 54.8 Å². The fourth-order valence-electron chi connectivity index (χ4n) is 4.61. The summed E-state index contributed by atoms with van der Waals surface area (Å²) in [6.07, 6.45) is -0.143. The number of hydrogen-bond donors (Lipinski definition) is 3. The number of primary amides is 1. The summed E-state index contributed by atoms with van der Waals surface area (Å²) in [5.74, 6) is -3.62. The largest absolute Gasteiger partial charge is 0.383 e. The highest BCUT2D eigenvalue weighted by molar-refractivity contribution is 6.15. The zero-order valence-electron chi connectivity index (χ0n) is 14.7. The van der Waals surface area contributed by atoms with Gasteiger partial charge in [0.2, 0.25) is 23.6 Å². The highest BCUT2D eigenvalue weighted by Crippen LogP contribution is 2.53. The Bertz CT molecular complexity index is 856. The van der Waals surface area contributed by atoms with Gasteiger partial charge in [0.15, 0.2) is 0 Å². The van der Waals surface area contributed by atoms with Gasteiger partial charge in [-0.1, -0.05) is 18.2 Å². The minimum absolute atomic E-state index is 0.101. The van der Waals surface area contributed by atoms with Crippen LogP contribution in [0.3, 0.4) is 0 Å². The molecule has 3 aliphatic heterocycles. The maximum Gasteiger partial charge on any atom is 0.250 e.